The van der Waals surface area contributed by atoms with E-state index in [2.05, 4.69) is 40.4 Å². The van der Waals surface area contributed by atoms with Crippen LogP contribution in [0, 0.1) is 25.5 Å². The van der Waals surface area contributed by atoms with E-state index in [0.29, 0.717) is 86.3 Å². The van der Waals surface area contributed by atoms with E-state index in [-0.39, 0.29) is 35.6 Å². The highest BCUT2D eigenvalue weighted by Gasteiger charge is 2.27. The number of thiazole rings is 2. The van der Waals surface area contributed by atoms with Gasteiger partial charge in [0.2, 0.25) is 11.9 Å². The van der Waals surface area contributed by atoms with E-state index in [1.165, 1.54) is 46.9 Å². The fourth-order valence-electron chi connectivity index (χ4n) is 7.79. The van der Waals surface area contributed by atoms with E-state index in [1.807, 2.05) is 62.4 Å². The van der Waals surface area contributed by atoms with Gasteiger partial charge in [-0.2, -0.15) is 9.97 Å². The Morgan fingerprint density at radius 3 is 1.54 bits per heavy atom. The Labute approximate surface area is 392 Å². The molecule has 6 heterocycles. The Morgan fingerprint density at radius 2 is 1.04 bits per heavy atom. The van der Waals surface area contributed by atoms with E-state index in [1.54, 1.807) is 34.1 Å². The number of amides is 4. The molecular weight excluding hydrogens is 895 g/mol. The quantitative estimate of drug-likeness (QED) is 0.120. The molecule has 16 nitrogen and oxygen atoms in total. The van der Waals surface area contributed by atoms with Gasteiger partial charge in [-0.25, -0.2) is 38.3 Å². The minimum atomic E-state index is -0.297. The number of nitrogens with two attached hydrogens (primary N) is 2. The minimum absolute atomic E-state index is 0.118. The molecule has 2 aliphatic heterocycles. The van der Waals surface area contributed by atoms with Crippen molar-refractivity contribution in [2.75, 3.05) is 84.3 Å². The van der Waals surface area contributed by atoms with E-state index >= 15 is 0 Å². The molecule has 4 aromatic carbocycles. The lowest BCUT2D eigenvalue weighted by Gasteiger charge is -2.35. The molecule has 0 atom stereocenters. The molecule has 4 amide bonds. The van der Waals surface area contributed by atoms with Crippen molar-refractivity contribution in [1.29, 1.82) is 0 Å². The third-order valence-corrected chi connectivity index (χ3v) is 13.1. The first-order chi connectivity index (χ1) is 32.4. The molecular formula is C47H46F2N14O2S2. The van der Waals surface area contributed by atoms with Crippen LogP contribution in [0.3, 0.4) is 0 Å². The number of hydrogen-bond donors (Lipinski definition) is 4. The van der Waals surface area contributed by atoms with Gasteiger partial charge in [-0.05, 0) is 91.2 Å². The summed E-state index contributed by atoms with van der Waals surface area (Å²) in [5.41, 5.74) is 18.9. The molecule has 6 N–H and O–H groups in total. The fraction of sp³-hybridized carbons (Fsp3) is 0.234. The molecule has 342 valence electrons. The predicted octanol–water partition coefficient (Wildman–Crippen LogP) is 8.20. The molecule has 2 fully saturated rings. The van der Waals surface area contributed by atoms with Crippen LogP contribution in [-0.2, 0) is 6.42 Å². The number of carbonyl (C=O) groups is 2. The Bertz CT molecular complexity index is 3060. The van der Waals surface area contributed by atoms with Gasteiger partial charge < -0.3 is 41.7 Å². The van der Waals surface area contributed by atoms with Crippen LogP contribution in [0.1, 0.15) is 21.7 Å². The number of aromatic nitrogens is 6. The number of nitrogens with one attached hydrogen (secondary N) is 2. The second-order valence-corrected chi connectivity index (χ2v) is 18.1. The Hall–Kier alpha value is -7.58. The van der Waals surface area contributed by atoms with Crippen LogP contribution in [0.2, 0.25) is 0 Å². The number of nitrogen functional groups attached to an aromatic ring is 2. The van der Waals surface area contributed by atoms with E-state index < -0.39 is 0 Å². The first-order valence-corrected chi connectivity index (χ1v) is 23.2. The number of hydrogen-bond acceptors (Lipinski definition) is 14. The maximum absolute atomic E-state index is 13.3. The number of benzene rings is 4. The molecule has 2 saturated heterocycles. The minimum Gasteiger partial charge on any atom is -0.368 e. The Balaban J connectivity index is 0.000000168. The zero-order chi connectivity index (χ0) is 46.6. The molecule has 0 aliphatic carbocycles. The van der Waals surface area contributed by atoms with Gasteiger partial charge >= 0.3 is 12.1 Å². The summed E-state index contributed by atoms with van der Waals surface area (Å²) in [6.07, 6.45) is 0.577. The van der Waals surface area contributed by atoms with E-state index in [4.69, 9.17) is 21.4 Å². The van der Waals surface area contributed by atoms with Crippen molar-refractivity contribution in [3.05, 3.63) is 130 Å². The van der Waals surface area contributed by atoms with Crippen LogP contribution in [0.4, 0.5) is 53.3 Å². The van der Waals surface area contributed by atoms with Gasteiger partial charge in [-0.1, -0.05) is 59.1 Å². The molecule has 0 bridgehead atoms. The number of aryl methyl sites for hydroxylation is 2. The van der Waals surface area contributed by atoms with E-state index in [0.717, 1.165) is 48.5 Å². The van der Waals surface area contributed by atoms with Crippen LogP contribution >= 0.6 is 22.7 Å². The van der Waals surface area contributed by atoms with Crippen molar-refractivity contribution >= 4 is 90.3 Å². The standard InChI is InChI=1S/C24H24FN7OS.C23H22FN7OS/c1-15-3-2-4-18(13-15)27-24(33)32-11-9-31(10-12-32)21-20-22(30-23(26)29-21)34-19(28-20)14-16-5-7-17(25)8-6-16;1-14-3-2-4-17(13-14)26-23(32)31-11-9-30(10-12-31)19-18-21(29-22(25)28-19)33-20(27-18)15-5-7-16(24)8-6-15/h2-8,13H,9-12,14H2,1H3,(H,27,33)(H2,26,29,30);2-8,13H,9-12H2,1H3,(H,26,32)(H2,25,28,29). The summed E-state index contributed by atoms with van der Waals surface area (Å²) in [5.74, 6) is 1.14. The number of fused-ring (bicyclic) bond motifs is 2. The third kappa shape index (κ3) is 10.6. The molecule has 2 aliphatic rings. The molecule has 10 rings (SSSR count). The van der Waals surface area contributed by atoms with Crippen LogP contribution in [-0.4, -0.2) is 104 Å². The van der Waals surface area contributed by atoms with Gasteiger partial charge in [0.15, 0.2) is 21.3 Å². The number of halogens is 2. The Morgan fingerprint density at radius 1 is 0.582 bits per heavy atom. The Kier molecular flexibility index (Phi) is 13.0. The van der Waals surface area contributed by atoms with Crippen molar-refractivity contribution in [2.45, 2.75) is 20.3 Å². The van der Waals surface area contributed by atoms with Crippen molar-refractivity contribution in [3.63, 3.8) is 0 Å². The molecule has 67 heavy (non-hydrogen) atoms. The summed E-state index contributed by atoms with van der Waals surface area (Å²) < 4.78 is 26.5. The van der Waals surface area contributed by atoms with Gasteiger partial charge in [0.05, 0.1) is 5.01 Å². The normalized spacial score (nSPS) is 14.0. The molecule has 20 heteroatoms. The zero-order valence-corrected chi connectivity index (χ0v) is 38.3. The maximum atomic E-state index is 13.3. The highest BCUT2D eigenvalue weighted by Crippen LogP contribution is 2.35. The number of urea groups is 2. The number of nitrogens with zero attached hydrogens (tertiary/aromatic N) is 10. The van der Waals surface area contributed by atoms with Crippen LogP contribution in [0.5, 0.6) is 0 Å². The third-order valence-electron chi connectivity index (χ3n) is 11.2. The summed E-state index contributed by atoms with van der Waals surface area (Å²) in [6.45, 7) is 8.57. The number of piperazine rings is 2. The molecule has 4 aromatic heterocycles. The summed E-state index contributed by atoms with van der Waals surface area (Å²) in [5, 5.41) is 7.51. The highest BCUT2D eigenvalue weighted by atomic mass is 32.1. The summed E-state index contributed by atoms with van der Waals surface area (Å²) in [6, 6.07) is 27.8. The summed E-state index contributed by atoms with van der Waals surface area (Å²) >= 11 is 2.85. The molecule has 0 unspecified atom stereocenters. The second kappa shape index (κ2) is 19.5. The SMILES string of the molecule is Cc1cccc(NC(=O)N2CCN(c3nc(N)nc4sc(-c5ccc(F)cc5)nc34)CC2)c1.Cc1cccc(NC(=O)N2CCN(c3nc(N)nc4sc(Cc5ccc(F)cc5)nc34)CC2)c1. The molecule has 0 radical (unpaired) electrons. The van der Waals surface area contributed by atoms with Gasteiger partial charge in [0.25, 0.3) is 0 Å². The highest BCUT2D eigenvalue weighted by molar-refractivity contribution is 7.21. The summed E-state index contributed by atoms with van der Waals surface area (Å²) in [4.78, 5) is 61.7. The van der Waals surface area contributed by atoms with Crippen molar-refractivity contribution < 1.29 is 18.4 Å². The van der Waals surface area contributed by atoms with Crippen molar-refractivity contribution in [1.82, 2.24) is 39.7 Å². The monoisotopic (exact) mass is 940 g/mol. The predicted molar refractivity (Wildman–Crippen MR) is 262 cm³/mol. The lowest BCUT2D eigenvalue weighted by atomic mass is 10.1. The smallest absolute Gasteiger partial charge is 0.321 e. The molecule has 8 aromatic rings. The fourth-order valence-corrected chi connectivity index (χ4v) is 9.71. The average Bonchev–Trinajstić information content (AvgIpc) is 3.94. The summed E-state index contributed by atoms with van der Waals surface area (Å²) in [7, 11) is 0. The van der Waals surface area contributed by atoms with Crippen LogP contribution in [0.25, 0.3) is 31.3 Å². The van der Waals surface area contributed by atoms with Gasteiger partial charge in [0.1, 0.15) is 27.7 Å². The average molecular weight is 941 g/mol. The van der Waals surface area contributed by atoms with E-state index in [9.17, 15) is 18.4 Å². The lowest BCUT2D eigenvalue weighted by Crippen LogP contribution is -2.50. The van der Waals surface area contributed by atoms with Crippen LogP contribution < -0.4 is 31.9 Å². The van der Waals surface area contributed by atoms with Crippen molar-refractivity contribution in [2.24, 2.45) is 0 Å². The zero-order valence-electron chi connectivity index (χ0n) is 36.6. The molecule has 0 spiro atoms. The number of carbonyl (C=O) groups excluding carboxylic acids is 2. The van der Waals surface area contributed by atoms with Crippen LogP contribution in [0.15, 0.2) is 97.1 Å². The number of anilines is 6. The first-order valence-electron chi connectivity index (χ1n) is 21.5. The largest absolute Gasteiger partial charge is 0.368 e. The van der Waals surface area contributed by atoms with Gasteiger partial charge in [-0.3, -0.25) is 0 Å². The second-order valence-electron chi connectivity index (χ2n) is 16.1. The van der Waals surface area contributed by atoms with Crippen molar-refractivity contribution in [3.8, 4) is 10.6 Å². The first kappa shape index (κ1) is 44.6. The molecule has 0 saturated carbocycles. The topological polar surface area (TPSA) is 201 Å². The van der Waals surface area contributed by atoms with Gasteiger partial charge in [0, 0.05) is 75.7 Å². The number of rotatable bonds is 7. The van der Waals surface area contributed by atoms with Gasteiger partial charge in [-0.15, -0.1) is 0 Å². The lowest BCUT2D eigenvalue weighted by molar-refractivity contribution is 0.207. The maximum Gasteiger partial charge on any atom is 0.321 e.